The Morgan fingerprint density at radius 3 is 2.33 bits per heavy atom. The molecule has 2 aliphatic heterocycles. The van der Waals surface area contributed by atoms with Gasteiger partial charge in [0, 0.05) is 50.5 Å². The topological polar surface area (TPSA) is 9.86 Å². The summed E-state index contributed by atoms with van der Waals surface area (Å²) in [4.78, 5) is 0. The third-order valence-corrected chi connectivity index (χ3v) is 9.08. The van der Waals surface area contributed by atoms with Crippen molar-refractivity contribution in [3.05, 3.63) is 70.5 Å². The van der Waals surface area contributed by atoms with Gasteiger partial charge in [0.05, 0.1) is 0 Å². The van der Waals surface area contributed by atoms with Crippen LogP contribution in [0.15, 0.2) is 47.9 Å². The van der Waals surface area contributed by atoms with Gasteiger partial charge in [0.25, 0.3) is 6.71 Å². The molecule has 2 nitrogen and oxygen atoms in total. The first-order valence-electron chi connectivity index (χ1n) is 12.7. The Balaban J connectivity index is 1.57. The molecular weight excluding hydrogens is 399 g/mol. The molecule has 2 unspecified atom stereocenters. The van der Waals surface area contributed by atoms with Gasteiger partial charge in [-0.2, -0.15) is 0 Å². The lowest BCUT2D eigenvalue weighted by atomic mass is 9.33. The van der Waals surface area contributed by atoms with Crippen LogP contribution in [0, 0.1) is 38.5 Å². The van der Waals surface area contributed by atoms with Gasteiger partial charge in [-0.1, -0.05) is 56.3 Å². The van der Waals surface area contributed by atoms with Gasteiger partial charge in [0.1, 0.15) is 0 Å². The van der Waals surface area contributed by atoms with E-state index in [2.05, 4.69) is 86.2 Å². The van der Waals surface area contributed by atoms with E-state index in [1.54, 1.807) is 16.7 Å². The Labute approximate surface area is 195 Å². The fourth-order valence-electron chi connectivity index (χ4n) is 7.52. The van der Waals surface area contributed by atoms with Crippen molar-refractivity contribution in [2.45, 2.75) is 47.5 Å². The van der Waals surface area contributed by atoms with E-state index in [0.29, 0.717) is 24.5 Å². The lowest BCUT2D eigenvalue weighted by molar-refractivity contribution is 0.646. The first-order valence-corrected chi connectivity index (χ1v) is 12.7. The second kappa shape index (κ2) is 5.76. The average molecular weight is 428 g/mol. The Kier molecular flexibility index (Phi) is 3.22. The SMILES string of the molecule is Cc1c(C)n2c3c(cccc13)B1C3=C(C4CC4C=C32)n2c(C)c(CC(C)C)c3cccc1c32. The first kappa shape index (κ1) is 18.5. The molecule has 1 fully saturated rings. The van der Waals surface area contributed by atoms with E-state index < -0.39 is 0 Å². The van der Waals surface area contributed by atoms with Crippen LogP contribution in [0.3, 0.4) is 0 Å². The molecule has 2 aliphatic carbocycles. The summed E-state index contributed by atoms with van der Waals surface area (Å²) in [6, 6.07) is 14.1. The van der Waals surface area contributed by atoms with Gasteiger partial charge in [-0.05, 0) is 73.0 Å². The molecule has 33 heavy (non-hydrogen) atoms. The Morgan fingerprint density at radius 1 is 0.909 bits per heavy atom. The van der Waals surface area contributed by atoms with Crippen molar-refractivity contribution in [3.8, 4) is 0 Å². The fraction of sp³-hybridized carbons (Fsp3) is 0.333. The van der Waals surface area contributed by atoms with E-state index >= 15 is 0 Å². The monoisotopic (exact) mass is 428 g/mol. The Morgan fingerprint density at radius 2 is 1.61 bits per heavy atom. The molecule has 8 rings (SSSR count). The highest BCUT2D eigenvalue weighted by Gasteiger charge is 2.52. The number of hydrogen-bond acceptors (Lipinski definition) is 0. The molecule has 0 amide bonds. The highest BCUT2D eigenvalue weighted by atomic mass is 15.1. The third-order valence-electron chi connectivity index (χ3n) is 9.08. The molecule has 4 heterocycles. The van der Waals surface area contributed by atoms with Crippen LogP contribution in [0.2, 0.25) is 0 Å². The van der Waals surface area contributed by atoms with Crippen molar-refractivity contribution < 1.29 is 0 Å². The van der Waals surface area contributed by atoms with E-state index in [-0.39, 0.29) is 0 Å². The standard InChI is InChI=1S/C30H29BN2/c1-15(2)12-22-18(5)33-29-21(22)9-7-11-25(29)31-24-10-6-8-20-16(3)17(4)32(28(20)24)26-14-19-13-23(19)30(33)27(26)31/h6-11,14-15,19,23H,12-13H2,1-5H3. The number of rotatable bonds is 2. The number of fused-ring (bicyclic) bond motifs is 6. The molecule has 4 aliphatic rings. The molecule has 0 N–H and O–H groups in total. The van der Waals surface area contributed by atoms with Crippen molar-refractivity contribution in [3.63, 3.8) is 0 Å². The highest BCUT2D eigenvalue weighted by molar-refractivity contribution is 6.97. The average Bonchev–Trinajstić information content (AvgIpc) is 3.48. The molecule has 0 spiro atoms. The van der Waals surface area contributed by atoms with E-state index in [1.807, 2.05) is 0 Å². The summed E-state index contributed by atoms with van der Waals surface area (Å²) < 4.78 is 5.32. The summed E-state index contributed by atoms with van der Waals surface area (Å²) in [6.45, 7) is 12.0. The zero-order chi connectivity index (χ0) is 22.3. The second-order valence-corrected chi connectivity index (χ2v) is 11.3. The van der Waals surface area contributed by atoms with Gasteiger partial charge in [0.2, 0.25) is 0 Å². The van der Waals surface area contributed by atoms with Gasteiger partial charge >= 0.3 is 0 Å². The number of para-hydroxylation sites is 2. The zero-order valence-corrected chi connectivity index (χ0v) is 20.2. The van der Waals surface area contributed by atoms with Gasteiger partial charge in [-0.25, -0.2) is 0 Å². The maximum absolute atomic E-state index is 2.71. The molecule has 2 aromatic carbocycles. The van der Waals surface area contributed by atoms with Crippen molar-refractivity contribution in [1.82, 2.24) is 9.13 Å². The fourth-order valence-corrected chi connectivity index (χ4v) is 7.52. The molecule has 2 aromatic heterocycles. The largest absolute Gasteiger partial charge is 0.318 e. The number of aromatic nitrogens is 2. The van der Waals surface area contributed by atoms with Crippen LogP contribution in [0.5, 0.6) is 0 Å². The molecule has 2 atom stereocenters. The summed E-state index contributed by atoms with van der Waals surface area (Å²) in [5, 5.41) is 2.91. The van der Waals surface area contributed by atoms with Crippen LogP contribution in [0.1, 0.15) is 42.8 Å². The number of hydrogen-bond donors (Lipinski definition) is 0. The lowest BCUT2D eigenvalue weighted by Crippen LogP contribution is -2.52. The quantitative estimate of drug-likeness (QED) is 0.368. The van der Waals surface area contributed by atoms with Crippen LogP contribution >= 0.6 is 0 Å². The summed E-state index contributed by atoms with van der Waals surface area (Å²) in [7, 11) is 0. The van der Waals surface area contributed by atoms with Crippen molar-refractivity contribution in [1.29, 1.82) is 0 Å². The Hall–Kier alpha value is -2.94. The normalized spacial score (nSPS) is 21.8. The highest BCUT2D eigenvalue weighted by Crippen LogP contribution is 2.57. The zero-order valence-electron chi connectivity index (χ0n) is 20.2. The number of benzene rings is 2. The molecule has 0 radical (unpaired) electrons. The van der Waals surface area contributed by atoms with Gasteiger partial charge < -0.3 is 9.13 Å². The molecule has 162 valence electrons. The van der Waals surface area contributed by atoms with Crippen LogP contribution in [0.4, 0.5) is 0 Å². The summed E-state index contributed by atoms with van der Waals surface area (Å²) in [5.41, 5.74) is 16.5. The predicted octanol–water partition coefficient (Wildman–Crippen LogP) is 5.60. The van der Waals surface area contributed by atoms with Gasteiger partial charge in [-0.15, -0.1) is 0 Å². The molecule has 4 aromatic rings. The van der Waals surface area contributed by atoms with E-state index in [4.69, 9.17) is 0 Å². The van der Waals surface area contributed by atoms with E-state index in [9.17, 15) is 0 Å². The smallest absolute Gasteiger partial charge is 0.251 e. The molecule has 0 saturated heterocycles. The van der Waals surface area contributed by atoms with Crippen LogP contribution in [-0.2, 0) is 6.42 Å². The van der Waals surface area contributed by atoms with Crippen molar-refractivity contribution in [2.75, 3.05) is 0 Å². The number of aryl methyl sites for hydroxylation is 1. The molecule has 1 saturated carbocycles. The predicted molar refractivity (Wildman–Crippen MR) is 141 cm³/mol. The second-order valence-electron chi connectivity index (χ2n) is 11.3. The third kappa shape index (κ3) is 2.00. The summed E-state index contributed by atoms with van der Waals surface area (Å²) >= 11 is 0. The number of allylic oxidation sites excluding steroid dienone is 4. The van der Waals surface area contributed by atoms with Crippen molar-refractivity contribution >= 4 is 50.8 Å². The minimum absolute atomic E-state index is 0.343. The molecule has 0 bridgehead atoms. The summed E-state index contributed by atoms with van der Waals surface area (Å²) in [5.74, 6) is 2.03. The minimum Gasteiger partial charge on any atom is -0.318 e. The van der Waals surface area contributed by atoms with Crippen molar-refractivity contribution in [2.24, 2.45) is 17.8 Å². The van der Waals surface area contributed by atoms with Gasteiger partial charge in [-0.3, -0.25) is 0 Å². The van der Waals surface area contributed by atoms with Crippen LogP contribution < -0.4 is 10.9 Å². The van der Waals surface area contributed by atoms with Gasteiger partial charge in [0.15, 0.2) is 0 Å². The van der Waals surface area contributed by atoms with E-state index in [1.165, 1.54) is 61.8 Å². The summed E-state index contributed by atoms with van der Waals surface area (Å²) in [6.07, 6.45) is 5.07. The van der Waals surface area contributed by atoms with Crippen LogP contribution in [0.25, 0.3) is 33.2 Å². The van der Waals surface area contributed by atoms with Crippen LogP contribution in [-0.4, -0.2) is 15.8 Å². The molecule has 3 heteroatoms. The maximum Gasteiger partial charge on any atom is 0.251 e. The Bertz CT molecular complexity index is 1640. The molecular formula is C30H29BN2. The first-order chi connectivity index (χ1) is 16.0. The minimum atomic E-state index is 0.343. The number of nitrogens with zero attached hydrogens (tertiary/aromatic N) is 2. The lowest BCUT2D eigenvalue weighted by Gasteiger charge is -2.38. The maximum atomic E-state index is 2.71. The van der Waals surface area contributed by atoms with E-state index in [0.717, 1.165) is 6.42 Å².